The van der Waals surface area contributed by atoms with E-state index in [0.29, 0.717) is 44.1 Å². The molecule has 0 bridgehead atoms. The molecule has 0 unspecified atom stereocenters. The van der Waals surface area contributed by atoms with Crippen molar-refractivity contribution in [2.24, 2.45) is 0 Å². The number of rotatable bonds is 1. The molecular weight excluding hydrogens is 1380 g/mol. The molecule has 14 aromatic carbocycles. The Balaban J connectivity index is 0.000000113. The third-order valence-corrected chi connectivity index (χ3v) is 20.1. The van der Waals surface area contributed by atoms with Gasteiger partial charge in [0.05, 0.1) is 91.7 Å². The van der Waals surface area contributed by atoms with E-state index < -0.39 is 0 Å². The fraction of sp³-hybridized carbons (Fsp3) is 0.0211. The predicted molar refractivity (Wildman–Crippen MR) is 449 cm³/mol. The number of fused-ring (bicyclic) bond motifs is 24. The summed E-state index contributed by atoms with van der Waals surface area (Å²) in [7, 11) is 0. The highest BCUT2D eigenvalue weighted by Gasteiger charge is 2.27. The van der Waals surface area contributed by atoms with Crippen LogP contribution in [0.1, 0.15) is 23.6 Å². The first-order valence-electron chi connectivity index (χ1n) is 34.5. The average Bonchev–Trinajstić information content (AvgIpc) is 0.747. The molecule has 0 spiro atoms. The summed E-state index contributed by atoms with van der Waals surface area (Å²) in [5, 5.41) is 32.3. The highest BCUT2D eigenvalue weighted by atomic mass is 15.0. The molecule has 5 heterocycles. The minimum Gasteiger partial charge on any atom is -0.370 e. The van der Waals surface area contributed by atoms with Gasteiger partial charge in [0.25, 0.3) is 11.6 Å². The van der Waals surface area contributed by atoms with E-state index in [1.807, 2.05) is 153 Å². The summed E-state index contributed by atoms with van der Waals surface area (Å²) in [5.74, 6) is 0.0583. The minimum atomic E-state index is -0.0803. The molecule has 5 aromatic heterocycles. The monoisotopic (exact) mass is 1420 g/mol. The molecule has 17 heteroatoms. The maximum Gasteiger partial charge on any atom is 0.294 e. The Bertz CT molecular complexity index is 7920. The lowest BCUT2D eigenvalue weighted by Crippen LogP contribution is -2.23. The number of hydrogen-bond donors (Lipinski definition) is 0. The van der Waals surface area contributed by atoms with Crippen LogP contribution < -0.4 is 10.4 Å². The van der Waals surface area contributed by atoms with Gasteiger partial charge in [0, 0.05) is 62.5 Å². The van der Waals surface area contributed by atoms with E-state index in [9.17, 15) is 5.26 Å². The molecule has 17 nitrogen and oxygen atoms in total. The zero-order valence-electron chi connectivity index (χ0n) is 59.1. The Hall–Kier alpha value is -17.5. The number of aryl methyl sites for hydroxylation is 1. The number of pyridine rings is 4. The van der Waals surface area contributed by atoms with Crippen LogP contribution in [-0.2, 0) is 0 Å². The normalized spacial score (nSPS) is 11.1. The molecule has 0 saturated heterocycles. The first kappa shape index (κ1) is 68.9. The van der Waals surface area contributed by atoms with Gasteiger partial charge in [-0.3, -0.25) is 58.7 Å². The molecule has 112 heavy (non-hydrogen) atoms. The molecular formula is C95H45N17. The van der Waals surface area contributed by atoms with Gasteiger partial charge in [-0.2, -0.15) is 5.26 Å². The van der Waals surface area contributed by atoms with Gasteiger partial charge < -0.3 is 9.69 Å². The van der Waals surface area contributed by atoms with Crippen LogP contribution in [0.5, 0.6) is 0 Å². The van der Waals surface area contributed by atoms with Crippen LogP contribution in [0.2, 0.25) is 0 Å². The lowest BCUT2D eigenvalue weighted by molar-refractivity contribution is 1.35. The van der Waals surface area contributed by atoms with Crippen LogP contribution in [0.15, 0.2) is 225 Å². The Morgan fingerprint density at radius 2 is 0.670 bits per heavy atom. The van der Waals surface area contributed by atoms with Crippen LogP contribution >= 0.6 is 0 Å². The molecule has 510 valence electrons. The van der Waals surface area contributed by atoms with Gasteiger partial charge in [0.15, 0.2) is 28.4 Å². The molecule has 0 amide bonds. The number of hydrogen-bond acceptors (Lipinski definition) is 7. The third kappa shape index (κ3) is 11.2. The van der Waals surface area contributed by atoms with Crippen molar-refractivity contribution in [2.45, 2.75) is 13.8 Å². The van der Waals surface area contributed by atoms with Crippen molar-refractivity contribution >= 4 is 221 Å². The smallest absolute Gasteiger partial charge is 0.294 e. The van der Waals surface area contributed by atoms with Crippen molar-refractivity contribution in [2.75, 3.05) is 0 Å². The Kier molecular flexibility index (Phi) is 17.6. The summed E-state index contributed by atoms with van der Waals surface area (Å²) >= 11 is 0. The summed E-state index contributed by atoms with van der Waals surface area (Å²) in [6.07, 6.45) is 11.0. The van der Waals surface area contributed by atoms with Crippen LogP contribution in [0.4, 0.5) is 57.1 Å². The zero-order valence-corrected chi connectivity index (χ0v) is 59.1. The lowest BCUT2D eigenvalue weighted by Gasteiger charge is -2.17. The molecule has 0 radical (unpaired) electrons. The summed E-state index contributed by atoms with van der Waals surface area (Å²) < 4.78 is 0. The van der Waals surface area contributed by atoms with Crippen molar-refractivity contribution in [3.63, 3.8) is 0 Å². The van der Waals surface area contributed by atoms with Gasteiger partial charge in [-0.15, -0.1) is 9.97 Å². The standard InChI is InChI=1S/C27H15N5.C24H10N4.C23H11N3.C21H9N5/c1-6-17-10-7-8-11-18(17)14-20-16(2)24-19(12-9-13-32-24)22-21(15-28)25(29-3)27(31-5)26(30-4)23(20)22;1-25-20-13-18-16-9-6-10-28-22(16)19-12-15-8-5-4-7-14(15)11-17(19)21(18)24(27-3)23(20)26-2;1-24-21-12-18-16-8-5-9-26-23(16)20-11-15-7-4-3-6-14(15)10-17(20)19(18)13-22(21)25-2;1-22-20-21(23-2)26-19-16-11-13-7-4-3-6-12(13)10-15(16)17-14(18(19)25-20)8-5-9-24-17/h6-14H,1-2H3;4-13H;3-13H;3-11H/b17-6-,18-14-;;;. The van der Waals surface area contributed by atoms with Crippen LogP contribution in [0.3, 0.4) is 0 Å². The van der Waals surface area contributed by atoms with Crippen LogP contribution in [-0.4, -0.2) is 29.9 Å². The van der Waals surface area contributed by atoms with Crippen molar-refractivity contribution in [3.8, 4) is 6.07 Å². The Morgan fingerprint density at radius 3 is 1.15 bits per heavy atom. The van der Waals surface area contributed by atoms with Crippen molar-refractivity contribution in [3.05, 3.63) is 366 Å². The topological polar surface area (TPSA) is 145 Å². The summed E-state index contributed by atoms with van der Waals surface area (Å²) in [6, 6.07) is 67.6. The van der Waals surface area contributed by atoms with Crippen LogP contribution in [0.25, 0.3) is 212 Å². The zero-order chi connectivity index (χ0) is 77.4. The Labute approximate surface area is 638 Å². The van der Waals surface area contributed by atoms with E-state index >= 15 is 0 Å². The summed E-state index contributed by atoms with van der Waals surface area (Å²) in [4.78, 5) is 62.5. The number of nitriles is 1. The fourth-order valence-corrected chi connectivity index (χ4v) is 15.1. The number of benzene rings is 14. The molecule has 0 atom stereocenters. The second kappa shape index (κ2) is 28.5. The Morgan fingerprint density at radius 1 is 0.304 bits per heavy atom. The van der Waals surface area contributed by atoms with Crippen LogP contribution in [0, 0.1) is 84.0 Å². The fourth-order valence-electron chi connectivity index (χ4n) is 15.1. The third-order valence-electron chi connectivity index (χ3n) is 20.1. The maximum atomic E-state index is 10.0. The molecule has 0 aliphatic rings. The van der Waals surface area contributed by atoms with Gasteiger partial charge in [0.1, 0.15) is 0 Å². The van der Waals surface area contributed by atoms with E-state index in [4.69, 9.17) is 65.7 Å². The van der Waals surface area contributed by atoms with E-state index in [0.717, 1.165) is 140 Å². The van der Waals surface area contributed by atoms with Gasteiger partial charge in [-0.1, -0.05) is 153 Å². The van der Waals surface area contributed by atoms with E-state index in [2.05, 4.69) is 145 Å². The highest BCUT2D eigenvalue weighted by Crippen LogP contribution is 2.53. The van der Waals surface area contributed by atoms with Gasteiger partial charge in [-0.05, 0) is 184 Å². The molecule has 0 saturated carbocycles. The van der Waals surface area contributed by atoms with E-state index in [1.165, 1.54) is 0 Å². The first-order valence-corrected chi connectivity index (χ1v) is 34.5. The van der Waals surface area contributed by atoms with Crippen molar-refractivity contribution < 1.29 is 0 Å². The quantitative estimate of drug-likeness (QED) is 0.0904. The van der Waals surface area contributed by atoms with E-state index in [1.54, 1.807) is 36.9 Å². The van der Waals surface area contributed by atoms with E-state index in [-0.39, 0.29) is 51.3 Å². The number of aromatic nitrogens is 6. The molecule has 19 aromatic rings. The average molecular weight is 1420 g/mol. The van der Waals surface area contributed by atoms with Crippen molar-refractivity contribution in [1.29, 1.82) is 5.26 Å². The maximum absolute atomic E-state index is 10.0. The van der Waals surface area contributed by atoms with Gasteiger partial charge in [0.2, 0.25) is 28.1 Å². The second-order valence-electron chi connectivity index (χ2n) is 25.8. The largest absolute Gasteiger partial charge is 0.370 e. The lowest BCUT2D eigenvalue weighted by atomic mass is 9.89. The first-order chi connectivity index (χ1) is 55.0. The SMILES string of the molecule is [C-]#[N+]c1c([N+]#[C-])c(C#N)c2c(c(/C=c3/cccc/c3=C/C)c(C)c3ncccc32)c1[N+]#[C-].[C-]#[N+]c1cc2c(cc1[N+]#[C-])c1cccnc1c1cc3ccccc3cc21.[C-]#[N+]c1cc2c3cccnc3c3cc4ccccc4cc3c2c([N+]#[C-])c1[N+]#[C-].[C-]#[N+]c1nc2c3cc4ccccc4cc3c3ncccc3c2nc1[N+]#[C-]. The predicted octanol–water partition coefficient (Wildman–Crippen LogP) is 25.6. The summed E-state index contributed by atoms with van der Waals surface area (Å²) in [5.41, 5.74) is 7.48. The molecule has 0 fully saturated rings. The molecule has 0 aliphatic heterocycles. The van der Waals surface area contributed by atoms with Gasteiger partial charge in [-0.25, -0.2) is 0 Å². The number of nitrogens with zero attached hydrogens (tertiary/aromatic N) is 17. The molecule has 0 aliphatic carbocycles. The molecule has 19 rings (SSSR count). The highest BCUT2D eigenvalue weighted by molar-refractivity contribution is 6.32. The molecule has 0 N–H and O–H groups in total. The van der Waals surface area contributed by atoms with Gasteiger partial charge >= 0.3 is 0 Å². The second-order valence-corrected chi connectivity index (χ2v) is 25.8. The minimum absolute atomic E-state index is 0.0257. The van der Waals surface area contributed by atoms with Crippen molar-refractivity contribution in [1.82, 2.24) is 29.9 Å². The summed E-state index contributed by atoms with van der Waals surface area (Å²) in [6.45, 7) is 79.3.